The number of hydrogen-bond acceptors (Lipinski definition) is 2. The molecule has 0 aromatic heterocycles. The zero-order chi connectivity index (χ0) is 18.5. The first-order chi connectivity index (χ1) is 12.5. The molecule has 1 amide bonds. The molecule has 0 spiro atoms. The SMILES string of the molecule is Cc1ccc([C@@H](C)NC(=O)C2CCN(Cc3ccc(Br)cc3)CC2)cc1. The molecule has 0 saturated carbocycles. The van der Waals surface area contributed by atoms with Crippen LogP contribution >= 0.6 is 15.9 Å². The number of amides is 1. The molecule has 1 saturated heterocycles. The predicted molar refractivity (Wildman–Crippen MR) is 110 cm³/mol. The lowest BCUT2D eigenvalue weighted by atomic mass is 9.94. The average molecular weight is 415 g/mol. The second kappa shape index (κ2) is 8.83. The van der Waals surface area contributed by atoms with Crippen LogP contribution in [0.2, 0.25) is 0 Å². The summed E-state index contributed by atoms with van der Waals surface area (Å²) in [7, 11) is 0. The number of carbonyl (C=O) groups is 1. The first-order valence-corrected chi connectivity index (χ1v) is 10.1. The molecule has 4 heteroatoms. The summed E-state index contributed by atoms with van der Waals surface area (Å²) in [6.45, 7) is 7.06. The zero-order valence-corrected chi connectivity index (χ0v) is 17.1. The van der Waals surface area contributed by atoms with Crippen LogP contribution in [0.25, 0.3) is 0 Å². The molecule has 2 aromatic rings. The lowest BCUT2D eigenvalue weighted by Gasteiger charge is -2.32. The molecule has 1 aliphatic rings. The van der Waals surface area contributed by atoms with Crippen molar-refractivity contribution < 1.29 is 4.79 Å². The van der Waals surface area contributed by atoms with Crippen molar-refractivity contribution in [1.82, 2.24) is 10.2 Å². The van der Waals surface area contributed by atoms with Crippen molar-refractivity contribution in [2.24, 2.45) is 5.92 Å². The Hall–Kier alpha value is -1.65. The smallest absolute Gasteiger partial charge is 0.223 e. The van der Waals surface area contributed by atoms with Gasteiger partial charge in [0.1, 0.15) is 0 Å². The van der Waals surface area contributed by atoms with Crippen molar-refractivity contribution in [3.63, 3.8) is 0 Å². The summed E-state index contributed by atoms with van der Waals surface area (Å²) in [5, 5.41) is 3.19. The Bertz CT molecular complexity index is 719. The number of likely N-dealkylation sites (tertiary alicyclic amines) is 1. The molecular formula is C22H27BrN2O. The fraction of sp³-hybridized carbons (Fsp3) is 0.409. The van der Waals surface area contributed by atoms with Crippen molar-refractivity contribution in [1.29, 1.82) is 0 Å². The van der Waals surface area contributed by atoms with Crippen LogP contribution in [0.5, 0.6) is 0 Å². The van der Waals surface area contributed by atoms with Crippen LogP contribution in [-0.4, -0.2) is 23.9 Å². The number of nitrogens with one attached hydrogen (secondary N) is 1. The second-order valence-corrected chi connectivity index (χ2v) is 8.23. The highest BCUT2D eigenvalue weighted by Crippen LogP contribution is 2.22. The highest BCUT2D eigenvalue weighted by molar-refractivity contribution is 9.10. The van der Waals surface area contributed by atoms with Crippen LogP contribution in [0.4, 0.5) is 0 Å². The molecule has 0 aliphatic carbocycles. The summed E-state index contributed by atoms with van der Waals surface area (Å²) in [4.78, 5) is 15.1. The summed E-state index contributed by atoms with van der Waals surface area (Å²) in [5.41, 5.74) is 3.73. The fourth-order valence-electron chi connectivity index (χ4n) is 3.47. The Balaban J connectivity index is 1.47. The van der Waals surface area contributed by atoms with Gasteiger partial charge in [-0.1, -0.05) is 57.9 Å². The number of carbonyl (C=O) groups excluding carboxylic acids is 1. The van der Waals surface area contributed by atoms with Gasteiger partial charge in [0, 0.05) is 16.9 Å². The summed E-state index contributed by atoms with van der Waals surface area (Å²) < 4.78 is 1.11. The van der Waals surface area contributed by atoms with Gasteiger partial charge in [0.05, 0.1) is 6.04 Å². The van der Waals surface area contributed by atoms with E-state index in [1.54, 1.807) is 0 Å². The van der Waals surface area contributed by atoms with Crippen LogP contribution in [0.3, 0.4) is 0 Å². The van der Waals surface area contributed by atoms with E-state index in [2.05, 4.69) is 88.5 Å². The second-order valence-electron chi connectivity index (χ2n) is 7.32. The largest absolute Gasteiger partial charge is 0.349 e. The van der Waals surface area contributed by atoms with E-state index in [0.717, 1.165) is 42.5 Å². The summed E-state index contributed by atoms with van der Waals surface area (Å²) in [6.07, 6.45) is 1.87. The summed E-state index contributed by atoms with van der Waals surface area (Å²) in [6, 6.07) is 16.9. The maximum atomic E-state index is 12.6. The Labute approximate surface area is 164 Å². The first kappa shape index (κ1) is 19.1. The van der Waals surface area contributed by atoms with Gasteiger partial charge >= 0.3 is 0 Å². The Kier molecular flexibility index (Phi) is 6.49. The highest BCUT2D eigenvalue weighted by Gasteiger charge is 2.26. The standard InChI is InChI=1S/C22H27BrN2O/c1-16-3-7-19(8-4-16)17(2)24-22(26)20-11-13-25(14-12-20)15-18-5-9-21(23)10-6-18/h3-10,17,20H,11-15H2,1-2H3,(H,24,26)/t17-/m1/s1. The molecule has 1 fully saturated rings. The fourth-order valence-corrected chi connectivity index (χ4v) is 3.74. The Morgan fingerprint density at radius 3 is 2.35 bits per heavy atom. The van der Waals surface area contributed by atoms with Crippen LogP contribution in [-0.2, 0) is 11.3 Å². The van der Waals surface area contributed by atoms with E-state index in [1.807, 2.05) is 0 Å². The van der Waals surface area contributed by atoms with Gasteiger partial charge in [-0.05, 0) is 63.0 Å². The monoisotopic (exact) mass is 414 g/mol. The average Bonchev–Trinajstić information content (AvgIpc) is 2.64. The van der Waals surface area contributed by atoms with Crippen molar-refractivity contribution in [2.45, 2.75) is 39.3 Å². The molecule has 138 valence electrons. The lowest BCUT2D eigenvalue weighted by molar-refractivity contribution is -0.127. The molecule has 1 N–H and O–H groups in total. The van der Waals surface area contributed by atoms with Gasteiger partial charge in [0.15, 0.2) is 0 Å². The molecule has 1 atom stereocenters. The van der Waals surface area contributed by atoms with E-state index in [0.29, 0.717) is 0 Å². The van der Waals surface area contributed by atoms with E-state index in [-0.39, 0.29) is 17.9 Å². The van der Waals surface area contributed by atoms with E-state index >= 15 is 0 Å². The van der Waals surface area contributed by atoms with Crippen molar-refractivity contribution in [3.05, 3.63) is 69.7 Å². The number of nitrogens with zero attached hydrogens (tertiary/aromatic N) is 1. The van der Waals surface area contributed by atoms with Crippen LogP contribution in [0, 0.1) is 12.8 Å². The lowest BCUT2D eigenvalue weighted by Crippen LogP contribution is -2.40. The Morgan fingerprint density at radius 1 is 1.12 bits per heavy atom. The quantitative estimate of drug-likeness (QED) is 0.758. The predicted octanol–water partition coefficient (Wildman–Crippen LogP) is 4.85. The molecule has 1 aliphatic heterocycles. The molecule has 1 heterocycles. The molecule has 3 nitrogen and oxygen atoms in total. The maximum absolute atomic E-state index is 12.6. The topological polar surface area (TPSA) is 32.3 Å². The zero-order valence-electron chi connectivity index (χ0n) is 15.5. The number of benzene rings is 2. The first-order valence-electron chi connectivity index (χ1n) is 9.35. The van der Waals surface area contributed by atoms with Gasteiger partial charge in [-0.2, -0.15) is 0 Å². The number of hydrogen-bond donors (Lipinski definition) is 1. The van der Waals surface area contributed by atoms with Gasteiger partial charge in [0.25, 0.3) is 0 Å². The molecule has 3 rings (SSSR count). The summed E-state index contributed by atoms with van der Waals surface area (Å²) in [5.74, 6) is 0.324. The van der Waals surface area contributed by atoms with Gasteiger partial charge in [-0.25, -0.2) is 0 Å². The van der Waals surface area contributed by atoms with Gasteiger partial charge in [-0.15, -0.1) is 0 Å². The minimum atomic E-state index is 0.0592. The number of piperidine rings is 1. The van der Waals surface area contributed by atoms with Crippen LogP contribution < -0.4 is 5.32 Å². The Morgan fingerprint density at radius 2 is 1.73 bits per heavy atom. The van der Waals surface area contributed by atoms with Crippen molar-refractivity contribution in [3.8, 4) is 0 Å². The molecule has 0 bridgehead atoms. The maximum Gasteiger partial charge on any atom is 0.223 e. The van der Waals surface area contributed by atoms with Crippen LogP contribution in [0.15, 0.2) is 53.0 Å². The van der Waals surface area contributed by atoms with Gasteiger partial charge in [0.2, 0.25) is 5.91 Å². The third kappa shape index (κ3) is 5.18. The number of aryl methyl sites for hydroxylation is 1. The van der Waals surface area contributed by atoms with E-state index in [1.165, 1.54) is 11.1 Å². The number of rotatable bonds is 5. The van der Waals surface area contributed by atoms with Gasteiger partial charge < -0.3 is 5.32 Å². The molecule has 0 radical (unpaired) electrons. The molecule has 26 heavy (non-hydrogen) atoms. The van der Waals surface area contributed by atoms with Gasteiger partial charge in [-0.3, -0.25) is 9.69 Å². The normalized spacial score (nSPS) is 17.0. The number of halogens is 1. The third-order valence-corrected chi connectivity index (χ3v) is 5.74. The van der Waals surface area contributed by atoms with E-state index in [4.69, 9.17) is 0 Å². The molecule has 2 aromatic carbocycles. The van der Waals surface area contributed by atoms with Crippen LogP contribution in [0.1, 0.15) is 42.5 Å². The summed E-state index contributed by atoms with van der Waals surface area (Å²) >= 11 is 3.48. The molecular weight excluding hydrogens is 388 g/mol. The van der Waals surface area contributed by atoms with E-state index in [9.17, 15) is 4.79 Å². The van der Waals surface area contributed by atoms with Crippen molar-refractivity contribution in [2.75, 3.05) is 13.1 Å². The van der Waals surface area contributed by atoms with E-state index < -0.39 is 0 Å². The molecule has 0 unspecified atom stereocenters. The third-order valence-electron chi connectivity index (χ3n) is 5.21. The minimum absolute atomic E-state index is 0.0592. The van der Waals surface area contributed by atoms with Crippen molar-refractivity contribution >= 4 is 21.8 Å². The highest BCUT2D eigenvalue weighted by atomic mass is 79.9. The minimum Gasteiger partial charge on any atom is -0.349 e.